The van der Waals surface area contributed by atoms with E-state index in [-0.39, 0.29) is 5.82 Å². The number of hydrogen-bond donors (Lipinski definition) is 1. The zero-order chi connectivity index (χ0) is 13.5. The van der Waals surface area contributed by atoms with Gasteiger partial charge in [0.1, 0.15) is 5.82 Å². The van der Waals surface area contributed by atoms with Crippen molar-refractivity contribution in [1.82, 2.24) is 15.2 Å². The fourth-order valence-corrected chi connectivity index (χ4v) is 2.85. The summed E-state index contributed by atoms with van der Waals surface area (Å²) in [5.41, 5.74) is 6.25. The summed E-state index contributed by atoms with van der Waals surface area (Å²) in [6.45, 7) is 0. The summed E-state index contributed by atoms with van der Waals surface area (Å²) in [5, 5.41) is 7.53. The first kappa shape index (κ1) is 11.3. The molecule has 3 aromatic rings. The molecule has 0 saturated carbocycles. The van der Waals surface area contributed by atoms with Crippen molar-refractivity contribution in [2.45, 2.75) is 12.8 Å². The molecule has 0 radical (unpaired) electrons. The van der Waals surface area contributed by atoms with E-state index in [4.69, 9.17) is 0 Å². The Hall–Kier alpha value is -2.49. The molecule has 0 aliphatic heterocycles. The molecule has 0 unspecified atom stereocenters. The predicted octanol–water partition coefficient (Wildman–Crippen LogP) is 3.38. The second-order valence-corrected chi connectivity index (χ2v) is 4.97. The molecule has 0 spiro atoms. The summed E-state index contributed by atoms with van der Waals surface area (Å²) in [6.07, 6.45) is 5.27. The molecule has 0 bridgehead atoms. The molecule has 2 aromatic heterocycles. The number of nitrogens with one attached hydrogen (secondary N) is 1. The first-order valence-corrected chi connectivity index (χ1v) is 6.59. The fourth-order valence-electron chi connectivity index (χ4n) is 2.85. The van der Waals surface area contributed by atoms with E-state index in [2.05, 4.69) is 15.2 Å². The van der Waals surface area contributed by atoms with Gasteiger partial charge in [0.25, 0.3) is 0 Å². The van der Waals surface area contributed by atoms with Crippen molar-refractivity contribution >= 4 is 0 Å². The van der Waals surface area contributed by atoms with E-state index in [1.54, 1.807) is 12.3 Å². The van der Waals surface area contributed by atoms with Crippen LogP contribution in [0.1, 0.15) is 11.1 Å². The van der Waals surface area contributed by atoms with Crippen LogP contribution < -0.4 is 0 Å². The summed E-state index contributed by atoms with van der Waals surface area (Å²) >= 11 is 0. The second-order valence-electron chi connectivity index (χ2n) is 4.97. The Kier molecular flexibility index (Phi) is 2.42. The number of aryl methyl sites for hydroxylation is 1. The highest BCUT2D eigenvalue weighted by Gasteiger charge is 2.22. The molecule has 4 rings (SSSR count). The fraction of sp³-hybridized carbons (Fsp3) is 0.125. The lowest BCUT2D eigenvalue weighted by atomic mass is 9.88. The number of rotatable bonds is 1. The summed E-state index contributed by atoms with van der Waals surface area (Å²) in [7, 11) is 0. The van der Waals surface area contributed by atoms with Gasteiger partial charge < -0.3 is 0 Å². The van der Waals surface area contributed by atoms with Crippen LogP contribution in [0, 0.1) is 5.82 Å². The molecule has 1 N–H and O–H groups in total. The number of nitrogens with zero attached hydrogens (tertiary/aromatic N) is 2. The molecular weight excluding hydrogens is 253 g/mol. The van der Waals surface area contributed by atoms with Gasteiger partial charge in [-0.2, -0.15) is 5.10 Å². The molecule has 3 nitrogen and oxygen atoms in total. The number of halogens is 1. The van der Waals surface area contributed by atoms with Crippen LogP contribution in [-0.4, -0.2) is 15.2 Å². The maximum atomic E-state index is 13.3. The van der Waals surface area contributed by atoms with Gasteiger partial charge in [0.15, 0.2) is 0 Å². The van der Waals surface area contributed by atoms with E-state index < -0.39 is 0 Å². The summed E-state index contributed by atoms with van der Waals surface area (Å²) < 4.78 is 13.3. The van der Waals surface area contributed by atoms with E-state index in [1.807, 2.05) is 24.4 Å². The van der Waals surface area contributed by atoms with Crippen LogP contribution in [0.25, 0.3) is 22.5 Å². The van der Waals surface area contributed by atoms with Crippen LogP contribution in [0.5, 0.6) is 0 Å². The van der Waals surface area contributed by atoms with Gasteiger partial charge in [0, 0.05) is 29.1 Å². The Morgan fingerprint density at radius 1 is 1.15 bits per heavy atom. The molecule has 98 valence electrons. The van der Waals surface area contributed by atoms with E-state index in [9.17, 15) is 4.39 Å². The van der Waals surface area contributed by atoms with Gasteiger partial charge in [0.05, 0.1) is 11.4 Å². The minimum atomic E-state index is -0.181. The third-order valence-corrected chi connectivity index (χ3v) is 3.78. The quantitative estimate of drug-likeness (QED) is 0.733. The number of benzene rings is 1. The second kappa shape index (κ2) is 4.27. The lowest BCUT2D eigenvalue weighted by Gasteiger charge is -2.16. The number of H-pyrrole nitrogens is 1. The van der Waals surface area contributed by atoms with Gasteiger partial charge >= 0.3 is 0 Å². The molecule has 0 amide bonds. The maximum absolute atomic E-state index is 13.3. The molecule has 20 heavy (non-hydrogen) atoms. The van der Waals surface area contributed by atoms with E-state index >= 15 is 0 Å². The molecule has 1 aromatic carbocycles. The van der Waals surface area contributed by atoms with Gasteiger partial charge in [-0.25, -0.2) is 4.39 Å². The zero-order valence-corrected chi connectivity index (χ0v) is 10.7. The predicted molar refractivity (Wildman–Crippen MR) is 74.6 cm³/mol. The first-order chi connectivity index (χ1) is 9.83. The van der Waals surface area contributed by atoms with E-state index in [1.165, 1.54) is 11.6 Å². The summed E-state index contributed by atoms with van der Waals surface area (Å²) in [5.74, 6) is -0.181. The number of aromatic nitrogens is 3. The number of pyridine rings is 1. The van der Waals surface area contributed by atoms with E-state index in [0.29, 0.717) is 0 Å². The minimum absolute atomic E-state index is 0.181. The molecule has 2 heterocycles. The van der Waals surface area contributed by atoms with Crippen molar-refractivity contribution in [3.63, 3.8) is 0 Å². The van der Waals surface area contributed by atoms with Crippen molar-refractivity contribution in [3.8, 4) is 22.5 Å². The highest BCUT2D eigenvalue weighted by molar-refractivity contribution is 5.77. The summed E-state index contributed by atoms with van der Waals surface area (Å²) in [4.78, 5) is 4.14. The smallest absolute Gasteiger partial charge is 0.123 e. The average Bonchev–Trinajstić information content (AvgIpc) is 2.92. The van der Waals surface area contributed by atoms with Gasteiger partial charge in [0.2, 0.25) is 0 Å². The normalized spacial score (nSPS) is 12.8. The van der Waals surface area contributed by atoms with Crippen molar-refractivity contribution in [3.05, 3.63) is 59.7 Å². The number of fused-ring (bicyclic) bond motifs is 3. The molecule has 1 aliphatic rings. The van der Waals surface area contributed by atoms with Crippen molar-refractivity contribution in [1.29, 1.82) is 0 Å². The standard InChI is InChI=1S/C16H12FN3/c17-12-4-6-13-10(8-12)3-5-14-15(19-20-16(13)14)11-2-1-7-18-9-11/h1-2,4,6-9H,3,5H2,(H,19,20). The third kappa shape index (κ3) is 1.65. The van der Waals surface area contributed by atoms with Crippen LogP contribution in [-0.2, 0) is 12.8 Å². The number of aromatic amines is 1. The highest BCUT2D eigenvalue weighted by Crippen LogP contribution is 2.36. The SMILES string of the molecule is Fc1ccc2c(c1)CCc1c(-c3cccnc3)n[nH]c1-2. The lowest BCUT2D eigenvalue weighted by Crippen LogP contribution is -2.04. The van der Waals surface area contributed by atoms with Crippen molar-refractivity contribution < 1.29 is 4.39 Å². The molecule has 0 atom stereocenters. The van der Waals surface area contributed by atoms with Crippen molar-refractivity contribution in [2.24, 2.45) is 0 Å². The van der Waals surface area contributed by atoms with Gasteiger partial charge in [-0.1, -0.05) is 0 Å². The Balaban J connectivity index is 1.89. The van der Waals surface area contributed by atoms with Gasteiger partial charge in [-0.3, -0.25) is 10.1 Å². The zero-order valence-electron chi connectivity index (χ0n) is 10.7. The van der Waals surface area contributed by atoms with Crippen LogP contribution in [0.2, 0.25) is 0 Å². The van der Waals surface area contributed by atoms with Crippen LogP contribution in [0.15, 0.2) is 42.7 Å². The number of hydrogen-bond acceptors (Lipinski definition) is 2. The Bertz CT molecular complexity index is 778. The Morgan fingerprint density at radius 3 is 2.95 bits per heavy atom. The molecule has 0 fully saturated rings. The third-order valence-electron chi connectivity index (χ3n) is 3.78. The van der Waals surface area contributed by atoms with E-state index in [0.717, 1.165) is 40.9 Å². The average molecular weight is 265 g/mol. The largest absolute Gasteiger partial charge is 0.277 e. The highest BCUT2D eigenvalue weighted by atomic mass is 19.1. The van der Waals surface area contributed by atoms with Gasteiger partial charge in [-0.15, -0.1) is 0 Å². The van der Waals surface area contributed by atoms with Crippen molar-refractivity contribution in [2.75, 3.05) is 0 Å². The molecule has 4 heteroatoms. The first-order valence-electron chi connectivity index (χ1n) is 6.59. The minimum Gasteiger partial charge on any atom is -0.277 e. The van der Waals surface area contributed by atoms with Crippen LogP contribution in [0.4, 0.5) is 4.39 Å². The van der Waals surface area contributed by atoms with Gasteiger partial charge in [-0.05, 0) is 48.7 Å². The topological polar surface area (TPSA) is 41.6 Å². The monoisotopic (exact) mass is 265 g/mol. The molecular formula is C16H12FN3. The lowest BCUT2D eigenvalue weighted by molar-refractivity contribution is 0.625. The Morgan fingerprint density at radius 2 is 2.10 bits per heavy atom. The molecule has 1 aliphatic carbocycles. The van der Waals surface area contributed by atoms with Crippen LogP contribution >= 0.6 is 0 Å². The van der Waals surface area contributed by atoms with Crippen LogP contribution in [0.3, 0.4) is 0 Å². The summed E-state index contributed by atoms with van der Waals surface area (Å²) in [6, 6.07) is 8.85. The Labute approximate surface area is 115 Å². The maximum Gasteiger partial charge on any atom is 0.123 e. The molecule has 0 saturated heterocycles.